The van der Waals surface area contributed by atoms with Crippen LogP contribution in [0.25, 0.3) is 0 Å². The minimum Gasteiger partial charge on any atom is -0.468 e. The molecule has 0 bridgehead atoms. The average Bonchev–Trinajstić information content (AvgIpc) is 3.30. The van der Waals surface area contributed by atoms with Gasteiger partial charge in [-0.2, -0.15) is 0 Å². The maximum absolute atomic E-state index is 12.6. The molecule has 24 heavy (non-hydrogen) atoms. The van der Waals surface area contributed by atoms with Crippen molar-refractivity contribution in [1.82, 2.24) is 14.8 Å². The first-order valence-corrected chi connectivity index (χ1v) is 8.52. The molecule has 4 heterocycles. The molecule has 2 aliphatic rings. The lowest BCUT2D eigenvalue weighted by Crippen LogP contribution is -2.47. The summed E-state index contributed by atoms with van der Waals surface area (Å²) in [5.74, 6) is 0.911. The monoisotopic (exact) mass is 329 g/mol. The van der Waals surface area contributed by atoms with Crippen molar-refractivity contribution in [2.24, 2.45) is 7.05 Å². The Kier molecular flexibility index (Phi) is 4.16. The number of nitrogens with one attached hydrogen (secondary N) is 1. The highest BCUT2D eigenvalue weighted by molar-refractivity contribution is 5.93. The molecular weight excluding hydrogens is 306 g/mol. The number of aromatic nitrogens is 1. The molecule has 0 radical (unpaired) electrons. The SMILES string of the molecule is Cn1cccc1C(=O)N[C@@H]1CN(Cc2ccco2)[C@@H]2CCCO[C@@H]21. The van der Waals surface area contributed by atoms with Gasteiger partial charge in [0.25, 0.3) is 5.91 Å². The molecule has 4 rings (SSSR count). The summed E-state index contributed by atoms with van der Waals surface area (Å²) in [5.41, 5.74) is 0.673. The Morgan fingerprint density at radius 1 is 1.38 bits per heavy atom. The zero-order chi connectivity index (χ0) is 16.5. The van der Waals surface area contributed by atoms with Crippen LogP contribution in [0.1, 0.15) is 29.1 Å². The van der Waals surface area contributed by atoms with Crippen molar-refractivity contribution < 1.29 is 13.9 Å². The first-order valence-electron chi connectivity index (χ1n) is 8.52. The van der Waals surface area contributed by atoms with Gasteiger partial charge in [-0.15, -0.1) is 0 Å². The van der Waals surface area contributed by atoms with Crippen LogP contribution in [0, 0.1) is 0 Å². The lowest BCUT2D eigenvalue weighted by molar-refractivity contribution is -0.0219. The van der Waals surface area contributed by atoms with Gasteiger partial charge >= 0.3 is 0 Å². The highest BCUT2D eigenvalue weighted by Gasteiger charge is 2.44. The van der Waals surface area contributed by atoms with Crippen LogP contribution in [0.3, 0.4) is 0 Å². The van der Waals surface area contributed by atoms with E-state index in [4.69, 9.17) is 9.15 Å². The van der Waals surface area contributed by atoms with Crippen molar-refractivity contribution in [2.45, 2.75) is 37.6 Å². The number of nitrogens with zero attached hydrogens (tertiary/aromatic N) is 2. The second-order valence-corrected chi connectivity index (χ2v) is 6.64. The largest absolute Gasteiger partial charge is 0.468 e. The predicted octanol–water partition coefficient (Wildman–Crippen LogP) is 1.78. The Morgan fingerprint density at radius 3 is 3.04 bits per heavy atom. The van der Waals surface area contributed by atoms with Crippen LogP contribution in [0.5, 0.6) is 0 Å². The summed E-state index contributed by atoms with van der Waals surface area (Å²) in [7, 11) is 1.88. The van der Waals surface area contributed by atoms with Crippen molar-refractivity contribution in [2.75, 3.05) is 13.2 Å². The number of rotatable bonds is 4. The minimum absolute atomic E-state index is 0.00709. The van der Waals surface area contributed by atoms with Gasteiger partial charge in [0.15, 0.2) is 0 Å². The minimum atomic E-state index is -0.0414. The molecule has 2 aliphatic heterocycles. The van der Waals surface area contributed by atoms with E-state index in [1.54, 1.807) is 6.26 Å². The fourth-order valence-electron chi connectivity index (χ4n) is 3.91. The molecule has 3 atom stereocenters. The van der Waals surface area contributed by atoms with E-state index in [0.29, 0.717) is 11.7 Å². The van der Waals surface area contributed by atoms with Crippen molar-refractivity contribution in [3.63, 3.8) is 0 Å². The van der Waals surface area contributed by atoms with Gasteiger partial charge in [0.05, 0.1) is 25.0 Å². The van der Waals surface area contributed by atoms with E-state index in [9.17, 15) is 4.79 Å². The average molecular weight is 329 g/mol. The second-order valence-electron chi connectivity index (χ2n) is 6.64. The molecule has 2 fully saturated rings. The molecule has 0 aliphatic carbocycles. The first kappa shape index (κ1) is 15.5. The van der Waals surface area contributed by atoms with E-state index in [0.717, 1.165) is 38.3 Å². The van der Waals surface area contributed by atoms with E-state index < -0.39 is 0 Å². The van der Waals surface area contributed by atoms with E-state index in [1.807, 2.05) is 42.1 Å². The van der Waals surface area contributed by atoms with Gasteiger partial charge in [-0.25, -0.2) is 0 Å². The third-order valence-electron chi connectivity index (χ3n) is 5.06. The fourth-order valence-corrected chi connectivity index (χ4v) is 3.91. The molecule has 1 N–H and O–H groups in total. The van der Waals surface area contributed by atoms with Gasteiger partial charge in [0.1, 0.15) is 11.5 Å². The predicted molar refractivity (Wildman–Crippen MR) is 88.5 cm³/mol. The van der Waals surface area contributed by atoms with Gasteiger partial charge in [-0.1, -0.05) is 0 Å². The molecule has 2 aromatic rings. The number of amides is 1. The Labute approximate surface area is 141 Å². The van der Waals surface area contributed by atoms with Crippen LogP contribution in [0.2, 0.25) is 0 Å². The molecular formula is C18H23N3O3. The van der Waals surface area contributed by atoms with Crippen LogP contribution in [-0.2, 0) is 18.3 Å². The summed E-state index contributed by atoms with van der Waals surface area (Å²) >= 11 is 0. The van der Waals surface area contributed by atoms with Gasteiger partial charge in [-0.3, -0.25) is 9.69 Å². The molecule has 6 heteroatoms. The number of hydrogen-bond acceptors (Lipinski definition) is 4. The van der Waals surface area contributed by atoms with Crippen LogP contribution in [-0.4, -0.2) is 46.7 Å². The Balaban J connectivity index is 1.48. The Hall–Kier alpha value is -2.05. The Morgan fingerprint density at radius 2 is 2.29 bits per heavy atom. The number of fused-ring (bicyclic) bond motifs is 1. The maximum Gasteiger partial charge on any atom is 0.268 e. The second kappa shape index (κ2) is 6.45. The molecule has 0 saturated carbocycles. The molecule has 2 aromatic heterocycles. The van der Waals surface area contributed by atoms with Crippen molar-refractivity contribution in [3.8, 4) is 0 Å². The Bertz CT molecular complexity index is 694. The van der Waals surface area contributed by atoms with E-state index in [1.165, 1.54) is 0 Å². The van der Waals surface area contributed by atoms with Crippen molar-refractivity contribution in [1.29, 1.82) is 0 Å². The standard InChI is InChI=1S/C18H23N3O3/c1-20-8-2-6-16(20)18(22)19-14-12-21(11-13-5-3-9-23-13)15-7-4-10-24-17(14)15/h2-3,5-6,8-9,14-15,17H,4,7,10-12H2,1H3,(H,19,22)/t14-,15-,17-/m1/s1. The van der Waals surface area contributed by atoms with E-state index in [2.05, 4.69) is 10.2 Å². The zero-order valence-electron chi connectivity index (χ0n) is 13.9. The lowest BCUT2D eigenvalue weighted by atomic mass is 10.0. The van der Waals surface area contributed by atoms with E-state index in [-0.39, 0.29) is 18.1 Å². The van der Waals surface area contributed by atoms with Crippen molar-refractivity contribution in [3.05, 3.63) is 48.2 Å². The summed E-state index contributed by atoms with van der Waals surface area (Å²) < 4.78 is 13.3. The molecule has 0 spiro atoms. The van der Waals surface area contributed by atoms with Crippen LogP contribution < -0.4 is 5.32 Å². The smallest absolute Gasteiger partial charge is 0.268 e. The van der Waals surface area contributed by atoms with Gasteiger partial charge in [0.2, 0.25) is 0 Å². The van der Waals surface area contributed by atoms with Crippen LogP contribution >= 0.6 is 0 Å². The molecule has 0 unspecified atom stereocenters. The van der Waals surface area contributed by atoms with Gasteiger partial charge in [0, 0.05) is 32.4 Å². The van der Waals surface area contributed by atoms with Gasteiger partial charge < -0.3 is 19.0 Å². The molecule has 1 amide bonds. The maximum atomic E-state index is 12.6. The summed E-state index contributed by atoms with van der Waals surface area (Å²) in [6, 6.07) is 7.97. The highest BCUT2D eigenvalue weighted by atomic mass is 16.5. The molecule has 0 aromatic carbocycles. The number of carbonyl (C=O) groups excluding carboxylic acids is 1. The quantitative estimate of drug-likeness (QED) is 0.929. The molecule has 6 nitrogen and oxygen atoms in total. The number of likely N-dealkylation sites (tertiary alicyclic amines) is 1. The first-order chi connectivity index (χ1) is 11.7. The molecule has 128 valence electrons. The third kappa shape index (κ3) is 2.87. The number of hydrogen-bond donors (Lipinski definition) is 1. The van der Waals surface area contributed by atoms with Gasteiger partial charge in [-0.05, 0) is 37.1 Å². The number of carbonyl (C=O) groups is 1. The molecule has 2 saturated heterocycles. The lowest BCUT2D eigenvalue weighted by Gasteiger charge is -2.32. The topological polar surface area (TPSA) is 59.6 Å². The van der Waals surface area contributed by atoms with Crippen molar-refractivity contribution >= 4 is 5.91 Å². The summed E-state index contributed by atoms with van der Waals surface area (Å²) in [6.07, 6.45) is 5.80. The number of ether oxygens (including phenoxy) is 1. The normalized spacial score (nSPS) is 27.1. The summed E-state index contributed by atoms with van der Waals surface area (Å²) in [5, 5.41) is 3.17. The van der Waals surface area contributed by atoms with Crippen LogP contribution in [0.4, 0.5) is 0 Å². The zero-order valence-corrected chi connectivity index (χ0v) is 13.9. The number of aryl methyl sites for hydroxylation is 1. The summed E-state index contributed by atoms with van der Waals surface area (Å²) in [4.78, 5) is 14.9. The van der Waals surface area contributed by atoms with Crippen LogP contribution in [0.15, 0.2) is 41.1 Å². The van der Waals surface area contributed by atoms with E-state index >= 15 is 0 Å². The fraction of sp³-hybridized carbons (Fsp3) is 0.500. The summed E-state index contributed by atoms with van der Waals surface area (Å²) in [6.45, 7) is 2.31. The third-order valence-corrected chi connectivity index (χ3v) is 5.06. The number of furan rings is 1. The highest BCUT2D eigenvalue weighted by Crippen LogP contribution is 2.30.